The molecule has 0 aromatic carbocycles. The Hall–Kier alpha value is -3.76. The normalized spacial score (nSPS) is 14.1. The van der Waals surface area contributed by atoms with Gasteiger partial charge in [0.1, 0.15) is 5.15 Å². The largest absolute Gasteiger partial charge is 0.368 e. The van der Waals surface area contributed by atoms with E-state index in [-0.39, 0.29) is 29.5 Å². The van der Waals surface area contributed by atoms with Crippen molar-refractivity contribution in [2.75, 3.05) is 36.8 Å². The topological polar surface area (TPSA) is 133 Å². The van der Waals surface area contributed by atoms with Crippen molar-refractivity contribution in [2.24, 2.45) is 0 Å². The second-order valence-corrected chi connectivity index (χ2v) is 8.36. The van der Waals surface area contributed by atoms with Gasteiger partial charge in [0.15, 0.2) is 5.82 Å². The summed E-state index contributed by atoms with van der Waals surface area (Å²) < 4.78 is 0. The highest BCUT2D eigenvalue weighted by Crippen LogP contribution is 2.41. The molecule has 1 aliphatic rings. The average Bonchev–Trinajstić information content (AvgIpc) is 3.42. The molecule has 11 heteroatoms. The summed E-state index contributed by atoms with van der Waals surface area (Å²) in [6.07, 6.45) is 6.56. The number of nitrogens with two attached hydrogens (primary N) is 1. The zero-order valence-electron chi connectivity index (χ0n) is 19.6. The molecule has 0 saturated heterocycles. The second kappa shape index (κ2) is 10.7. The van der Waals surface area contributed by atoms with Crippen molar-refractivity contribution in [1.82, 2.24) is 30.2 Å². The molecule has 3 aromatic rings. The number of halogens is 1. The van der Waals surface area contributed by atoms with E-state index in [9.17, 15) is 9.59 Å². The third kappa shape index (κ3) is 5.33. The molecular formula is C24H27ClN8O2. The third-order valence-corrected chi connectivity index (χ3v) is 6.10. The van der Waals surface area contributed by atoms with E-state index < -0.39 is 0 Å². The number of aromatic nitrogens is 4. The number of anilines is 2. The molecule has 0 unspecified atom stereocenters. The Kier molecular flexibility index (Phi) is 7.42. The predicted molar refractivity (Wildman–Crippen MR) is 136 cm³/mol. The number of carbonyl (C=O) groups excluding carboxylic acids is 2. The first-order chi connectivity index (χ1) is 16.9. The van der Waals surface area contributed by atoms with E-state index in [1.54, 1.807) is 30.7 Å². The first-order valence-corrected chi connectivity index (χ1v) is 11.7. The molecule has 2 amide bonds. The number of aromatic amines is 1. The summed E-state index contributed by atoms with van der Waals surface area (Å²) in [6.45, 7) is 7.63. The molecule has 3 aromatic heterocycles. The number of nitrogens with zero attached hydrogens (tertiary/aromatic N) is 5. The van der Waals surface area contributed by atoms with Crippen molar-refractivity contribution >= 4 is 46.8 Å². The molecule has 0 atom stereocenters. The fourth-order valence-corrected chi connectivity index (χ4v) is 4.19. The molecule has 0 radical (unpaired) electrons. The molecule has 1 aliphatic heterocycles. The number of H-pyrrole nitrogens is 1. The number of hydrogen-bond donors (Lipinski definition) is 3. The Morgan fingerprint density at radius 3 is 2.71 bits per heavy atom. The highest BCUT2D eigenvalue weighted by molar-refractivity contribution is 6.41. The Morgan fingerprint density at radius 1 is 1.26 bits per heavy atom. The molecular weight excluding hydrogens is 468 g/mol. The summed E-state index contributed by atoms with van der Waals surface area (Å²) in [5, 5.41) is 3.01. The van der Waals surface area contributed by atoms with Crippen molar-refractivity contribution in [3.8, 4) is 0 Å². The lowest BCUT2D eigenvalue weighted by molar-refractivity contribution is -0.113. The van der Waals surface area contributed by atoms with Crippen LogP contribution in [0.4, 0.5) is 11.8 Å². The first-order valence-electron chi connectivity index (χ1n) is 11.4. The van der Waals surface area contributed by atoms with Crippen LogP contribution in [0.3, 0.4) is 0 Å². The number of pyridine rings is 1. The standard InChI is InChI=1S/C24H27ClN8O2/c1-3-32(4-2)10-9-28-22(34)16-11-17(29-13-16)12-18-19-20(25)30-24(26)31-21(19)33(23(18)35)14-15-5-7-27-8-6-15/h5-8,11-13,29H,3-4,9-10,14H2,1-2H3,(H,28,34)(H2,26,30,31)/b18-12-. The quantitative estimate of drug-likeness (QED) is 0.307. The molecule has 4 N–H and O–H groups in total. The number of carbonyl (C=O) groups is 2. The molecule has 4 rings (SSSR count). The van der Waals surface area contributed by atoms with Gasteiger partial charge in [-0.15, -0.1) is 0 Å². The maximum Gasteiger partial charge on any atom is 0.260 e. The maximum absolute atomic E-state index is 13.4. The van der Waals surface area contributed by atoms with Gasteiger partial charge in [0.2, 0.25) is 5.95 Å². The number of nitrogen functional groups attached to an aromatic ring is 1. The second-order valence-electron chi connectivity index (χ2n) is 8.00. The van der Waals surface area contributed by atoms with Gasteiger partial charge in [0, 0.05) is 37.4 Å². The fourth-order valence-electron chi connectivity index (χ4n) is 3.92. The minimum atomic E-state index is -0.293. The monoisotopic (exact) mass is 494 g/mol. The summed E-state index contributed by atoms with van der Waals surface area (Å²) in [4.78, 5) is 45.1. The smallest absolute Gasteiger partial charge is 0.260 e. The maximum atomic E-state index is 13.4. The van der Waals surface area contributed by atoms with Gasteiger partial charge >= 0.3 is 0 Å². The van der Waals surface area contributed by atoms with Gasteiger partial charge < -0.3 is 20.9 Å². The van der Waals surface area contributed by atoms with Gasteiger partial charge in [-0.3, -0.25) is 19.5 Å². The minimum absolute atomic E-state index is 0.0222. The van der Waals surface area contributed by atoms with Gasteiger partial charge in [-0.05, 0) is 42.9 Å². The number of rotatable bonds is 9. The van der Waals surface area contributed by atoms with Crippen LogP contribution < -0.4 is 16.0 Å². The number of fused-ring (bicyclic) bond motifs is 1. The molecule has 10 nitrogen and oxygen atoms in total. The number of likely N-dealkylation sites (N-methyl/N-ethyl adjacent to an activating group) is 1. The average molecular weight is 495 g/mol. The van der Waals surface area contributed by atoms with Gasteiger partial charge in [0.25, 0.3) is 11.8 Å². The summed E-state index contributed by atoms with van der Waals surface area (Å²) in [6, 6.07) is 5.32. The van der Waals surface area contributed by atoms with Gasteiger partial charge in [0.05, 0.1) is 23.2 Å². The lowest BCUT2D eigenvalue weighted by Gasteiger charge is -2.17. The van der Waals surface area contributed by atoms with Crippen LogP contribution >= 0.6 is 11.6 Å². The van der Waals surface area contributed by atoms with Gasteiger partial charge in [-0.2, -0.15) is 4.98 Å². The summed E-state index contributed by atoms with van der Waals surface area (Å²) in [7, 11) is 0. The van der Waals surface area contributed by atoms with Gasteiger partial charge in [-0.1, -0.05) is 25.4 Å². The molecule has 182 valence electrons. The SMILES string of the molecule is CCN(CC)CCNC(=O)c1c[nH]c(/C=C2\C(=O)N(Cc3ccncc3)c3nc(N)nc(Cl)c32)c1. The van der Waals surface area contributed by atoms with Crippen molar-refractivity contribution in [3.05, 3.63) is 64.3 Å². The van der Waals surface area contributed by atoms with Crippen LogP contribution in [0.15, 0.2) is 36.8 Å². The van der Waals surface area contributed by atoms with Crippen LogP contribution in [0.5, 0.6) is 0 Å². The van der Waals surface area contributed by atoms with Crippen LogP contribution in [0.25, 0.3) is 11.6 Å². The van der Waals surface area contributed by atoms with E-state index in [0.29, 0.717) is 34.8 Å². The zero-order valence-corrected chi connectivity index (χ0v) is 20.3. The van der Waals surface area contributed by atoms with Crippen LogP contribution in [0.2, 0.25) is 5.15 Å². The van der Waals surface area contributed by atoms with Crippen molar-refractivity contribution in [3.63, 3.8) is 0 Å². The highest BCUT2D eigenvalue weighted by atomic mass is 35.5. The van der Waals surface area contributed by atoms with E-state index in [2.05, 4.69) is 44.0 Å². The minimum Gasteiger partial charge on any atom is -0.368 e. The number of nitrogens with one attached hydrogen (secondary N) is 2. The molecule has 0 aliphatic carbocycles. The summed E-state index contributed by atoms with van der Waals surface area (Å²) in [5.74, 6) is -0.161. The highest BCUT2D eigenvalue weighted by Gasteiger charge is 2.37. The van der Waals surface area contributed by atoms with Crippen LogP contribution in [0.1, 0.15) is 41.0 Å². The summed E-state index contributed by atoms with van der Waals surface area (Å²) >= 11 is 6.39. The van der Waals surface area contributed by atoms with E-state index in [0.717, 1.165) is 25.2 Å². The lowest BCUT2D eigenvalue weighted by atomic mass is 10.1. The Bertz CT molecular complexity index is 1250. The molecule has 0 fully saturated rings. The fraction of sp³-hybridized carbons (Fsp3) is 0.292. The Balaban J connectivity index is 1.58. The predicted octanol–water partition coefficient (Wildman–Crippen LogP) is 2.59. The van der Waals surface area contributed by atoms with Crippen LogP contribution in [-0.4, -0.2) is 62.8 Å². The van der Waals surface area contributed by atoms with Crippen LogP contribution in [-0.2, 0) is 11.3 Å². The van der Waals surface area contributed by atoms with E-state index in [4.69, 9.17) is 17.3 Å². The van der Waals surface area contributed by atoms with E-state index in [1.165, 1.54) is 4.90 Å². The molecule has 0 bridgehead atoms. The first kappa shape index (κ1) is 24.4. The molecule has 0 saturated carbocycles. The van der Waals surface area contributed by atoms with Crippen molar-refractivity contribution in [1.29, 1.82) is 0 Å². The molecule has 0 spiro atoms. The van der Waals surface area contributed by atoms with Crippen LogP contribution in [0, 0.1) is 0 Å². The number of hydrogen-bond acceptors (Lipinski definition) is 7. The van der Waals surface area contributed by atoms with E-state index >= 15 is 0 Å². The third-order valence-electron chi connectivity index (χ3n) is 5.83. The van der Waals surface area contributed by atoms with Crippen molar-refractivity contribution < 1.29 is 9.59 Å². The molecule has 35 heavy (non-hydrogen) atoms. The Morgan fingerprint density at radius 2 is 2.00 bits per heavy atom. The summed E-state index contributed by atoms with van der Waals surface area (Å²) in [5.41, 5.74) is 8.45. The van der Waals surface area contributed by atoms with Crippen molar-refractivity contribution in [2.45, 2.75) is 20.4 Å². The molecule has 4 heterocycles. The van der Waals surface area contributed by atoms with E-state index in [1.807, 2.05) is 12.1 Å². The Labute approximate surface area is 208 Å². The zero-order chi connectivity index (χ0) is 24.9. The lowest BCUT2D eigenvalue weighted by Crippen LogP contribution is -2.34. The number of amides is 2. The van der Waals surface area contributed by atoms with Gasteiger partial charge in [-0.25, -0.2) is 4.98 Å².